The lowest BCUT2D eigenvalue weighted by Gasteiger charge is -2.18. The normalized spacial score (nSPS) is 18.4. The van der Waals surface area contributed by atoms with E-state index < -0.39 is 20.7 Å². The molecule has 0 bridgehead atoms. The van der Waals surface area contributed by atoms with E-state index in [9.17, 15) is 14.4 Å². The van der Waals surface area contributed by atoms with Gasteiger partial charge in [0.15, 0.2) is 8.38 Å². The van der Waals surface area contributed by atoms with E-state index in [0.29, 0.717) is 13.2 Å². The van der Waals surface area contributed by atoms with Gasteiger partial charge in [0.05, 0.1) is 19.3 Å². The highest BCUT2D eigenvalue weighted by atomic mass is 31.2. The van der Waals surface area contributed by atoms with Gasteiger partial charge in [-0.3, -0.25) is 19.1 Å². The van der Waals surface area contributed by atoms with Crippen LogP contribution >= 0.6 is 8.38 Å². The molecule has 10 nitrogen and oxygen atoms in total. The van der Waals surface area contributed by atoms with Crippen molar-refractivity contribution in [1.82, 2.24) is 14.9 Å². The van der Waals surface area contributed by atoms with Gasteiger partial charge < -0.3 is 24.2 Å². The molecule has 0 aromatic carbocycles. The number of ether oxygens (including phenoxy) is 1. The zero-order valence-electron chi connectivity index (χ0n) is 17.3. The van der Waals surface area contributed by atoms with Crippen LogP contribution in [0.4, 0.5) is 0 Å². The van der Waals surface area contributed by atoms with E-state index in [1.54, 1.807) is 0 Å². The highest BCUT2D eigenvalue weighted by molar-refractivity contribution is 7.47. The van der Waals surface area contributed by atoms with E-state index in [-0.39, 0.29) is 23.8 Å². The third-order valence-electron chi connectivity index (χ3n) is 4.08. The summed E-state index contributed by atoms with van der Waals surface area (Å²) in [5.41, 5.74) is -0.805. The van der Waals surface area contributed by atoms with Gasteiger partial charge in [-0.2, -0.15) is 0 Å². The number of aromatic amines is 1. The minimum absolute atomic E-state index is 0.138. The Morgan fingerprint density at radius 3 is 2.55 bits per heavy atom. The Morgan fingerprint density at radius 1 is 1.34 bits per heavy atom. The maximum Gasteiger partial charge on any atom is 0.330 e. The molecule has 1 aliphatic rings. The van der Waals surface area contributed by atoms with Crippen LogP contribution in [0.5, 0.6) is 0 Å². The Balaban J connectivity index is 0.000000612. The summed E-state index contributed by atoms with van der Waals surface area (Å²) in [5, 5.41) is 10.1. The SMILES string of the molecule is CCOP(CCCC1CCC(n2ccc(=O)[nH]c2=O)O1)OCC.CNC(=O)CO. The third-order valence-corrected chi connectivity index (χ3v) is 5.86. The first-order valence-corrected chi connectivity index (χ1v) is 11.1. The molecule has 1 fully saturated rings. The number of amides is 1. The van der Waals surface area contributed by atoms with E-state index in [4.69, 9.17) is 18.9 Å². The standard InChI is InChI=1S/C15H25N2O5P.C3H7NO2/c1-3-20-23(21-4-2)11-5-6-12-7-8-14(22-12)17-10-9-13(18)16-15(17)19;1-4-3(6)2-5/h9-10,12,14H,3-8,11H2,1-2H3,(H,16,18,19);5H,2H2,1H3,(H,4,6). The van der Waals surface area contributed by atoms with Crippen LogP contribution in [0.25, 0.3) is 0 Å². The fourth-order valence-electron chi connectivity index (χ4n) is 2.74. The van der Waals surface area contributed by atoms with Gasteiger partial charge >= 0.3 is 5.69 Å². The molecule has 3 N–H and O–H groups in total. The topological polar surface area (TPSA) is 132 Å². The van der Waals surface area contributed by atoms with Crippen LogP contribution in [0, 0.1) is 0 Å². The van der Waals surface area contributed by atoms with E-state index in [0.717, 1.165) is 31.8 Å². The highest BCUT2D eigenvalue weighted by Crippen LogP contribution is 2.39. The van der Waals surface area contributed by atoms with Crippen LogP contribution in [-0.4, -0.2) is 59.7 Å². The van der Waals surface area contributed by atoms with Crippen LogP contribution < -0.4 is 16.6 Å². The van der Waals surface area contributed by atoms with Crippen molar-refractivity contribution in [2.45, 2.75) is 51.9 Å². The summed E-state index contributed by atoms with van der Waals surface area (Å²) in [4.78, 5) is 35.0. The van der Waals surface area contributed by atoms with E-state index in [1.807, 2.05) is 13.8 Å². The number of aromatic nitrogens is 2. The predicted octanol–water partition coefficient (Wildman–Crippen LogP) is 1.10. The van der Waals surface area contributed by atoms with Crippen molar-refractivity contribution in [2.75, 3.05) is 33.0 Å². The molecular formula is C18H32N3O7P. The van der Waals surface area contributed by atoms with E-state index in [1.165, 1.54) is 23.9 Å². The number of rotatable bonds is 10. The minimum atomic E-state index is -0.795. The van der Waals surface area contributed by atoms with Gasteiger partial charge in [0.1, 0.15) is 12.8 Å². The van der Waals surface area contributed by atoms with E-state index in [2.05, 4.69) is 10.3 Å². The average Bonchev–Trinajstić information content (AvgIpc) is 3.16. The van der Waals surface area contributed by atoms with Crippen molar-refractivity contribution in [3.63, 3.8) is 0 Å². The molecule has 166 valence electrons. The number of hydrogen-bond acceptors (Lipinski definition) is 7. The van der Waals surface area contributed by atoms with Crippen LogP contribution in [0.3, 0.4) is 0 Å². The molecule has 29 heavy (non-hydrogen) atoms. The maximum absolute atomic E-state index is 11.8. The van der Waals surface area contributed by atoms with Gasteiger partial charge in [-0.1, -0.05) is 0 Å². The number of H-pyrrole nitrogens is 1. The molecule has 2 heterocycles. The Hall–Kier alpha value is -1.58. The molecule has 2 unspecified atom stereocenters. The molecule has 0 aliphatic carbocycles. The summed E-state index contributed by atoms with van der Waals surface area (Å²) in [6.07, 6.45) is 5.85. The van der Waals surface area contributed by atoms with Gasteiger partial charge in [-0.25, -0.2) is 4.79 Å². The molecule has 2 atom stereocenters. The van der Waals surface area contributed by atoms with Crippen molar-refractivity contribution in [1.29, 1.82) is 0 Å². The Bertz CT molecular complexity index is 697. The average molecular weight is 433 g/mol. The Morgan fingerprint density at radius 2 is 2.03 bits per heavy atom. The third kappa shape index (κ3) is 9.64. The number of hydrogen-bond donors (Lipinski definition) is 3. The van der Waals surface area contributed by atoms with Gasteiger partial charge in [0, 0.05) is 25.5 Å². The van der Waals surface area contributed by atoms with Crippen LogP contribution in [0.15, 0.2) is 21.9 Å². The van der Waals surface area contributed by atoms with Crippen molar-refractivity contribution in [3.8, 4) is 0 Å². The molecule has 11 heteroatoms. The number of likely N-dealkylation sites (N-methyl/N-ethyl adjacent to an activating group) is 1. The first-order chi connectivity index (χ1) is 13.9. The zero-order valence-corrected chi connectivity index (χ0v) is 18.2. The summed E-state index contributed by atoms with van der Waals surface area (Å²) in [7, 11) is 0.675. The quantitative estimate of drug-likeness (QED) is 0.471. The molecule has 1 saturated heterocycles. The number of aliphatic hydroxyl groups is 1. The molecule has 1 aliphatic heterocycles. The minimum Gasteiger partial charge on any atom is -0.387 e. The van der Waals surface area contributed by atoms with Crippen LogP contribution in [-0.2, 0) is 18.6 Å². The van der Waals surface area contributed by atoms with Crippen molar-refractivity contribution >= 4 is 14.3 Å². The predicted molar refractivity (Wildman–Crippen MR) is 110 cm³/mol. The van der Waals surface area contributed by atoms with Crippen molar-refractivity contribution in [2.24, 2.45) is 0 Å². The molecule has 2 rings (SSSR count). The number of nitrogens with one attached hydrogen (secondary N) is 2. The second-order valence-electron chi connectivity index (χ2n) is 6.17. The fraction of sp³-hybridized carbons (Fsp3) is 0.722. The summed E-state index contributed by atoms with van der Waals surface area (Å²) < 4.78 is 18.6. The molecular weight excluding hydrogens is 401 g/mol. The number of carbonyl (C=O) groups excluding carboxylic acids is 1. The summed E-state index contributed by atoms with van der Waals surface area (Å²) >= 11 is 0. The lowest BCUT2D eigenvalue weighted by Crippen LogP contribution is -2.31. The summed E-state index contributed by atoms with van der Waals surface area (Å²) in [6, 6.07) is 1.34. The molecule has 0 saturated carbocycles. The lowest BCUT2D eigenvalue weighted by molar-refractivity contribution is -0.123. The highest BCUT2D eigenvalue weighted by Gasteiger charge is 2.27. The zero-order chi connectivity index (χ0) is 21.6. The first-order valence-electron chi connectivity index (χ1n) is 9.76. The number of carbonyl (C=O) groups is 1. The summed E-state index contributed by atoms with van der Waals surface area (Å²) in [5.74, 6) is -0.352. The lowest BCUT2D eigenvalue weighted by atomic mass is 10.1. The molecule has 1 aromatic rings. The van der Waals surface area contributed by atoms with Crippen molar-refractivity contribution < 1.29 is 23.7 Å². The maximum atomic E-state index is 11.8. The summed E-state index contributed by atoms with van der Waals surface area (Å²) in [6.45, 7) is 4.87. The smallest absolute Gasteiger partial charge is 0.330 e. The van der Waals surface area contributed by atoms with Crippen molar-refractivity contribution in [3.05, 3.63) is 33.1 Å². The molecule has 0 radical (unpaired) electrons. The fourth-order valence-corrected chi connectivity index (χ4v) is 4.09. The second-order valence-corrected chi connectivity index (χ2v) is 7.80. The second kappa shape index (κ2) is 14.4. The van der Waals surface area contributed by atoms with Crippen LogP contribution in [0.1, 0.15) is 45.8 Å². The Labute approximate surface area is 171 Å². The van der Waals surface area contributed by atoms with Crippen LogP contribution in [0.2, 0.25) is 0 Å². The van der Waals surface area contributed by atoms with Gasteiger partial charge in [-0.05, 0) is 39.5 Å². The van der Waals surface area contributed by atoms with Gasteiger partial charge in [0.25, 0.3) is 5.56 Å². The van der Waals surface area contributed by atoms with E-state index >= 15 is 0 Å². The van der Waals surface area contributed by atoms with Gasteiger partial charge in [0.2, 0.25) is 5.91 Å². The number of nitrogens with zero attached hydrogens (tertiary/aromatic N) is 1. The van der Waals surface area contributed by atoms with Gasteiger partial charge in [-0.15, -0.1) is 0 Å². The molecule has 0 spiro atoms. The molecule has 1 aromatic heterocycles. The monoisotopic (exact) mass is 433 g/mol. The Kier molecular flexibility index (Phi) is 12.6. The molecule has 1 amide bonds. The largest absolute Gasteiger partial charge is 0.387 e. The number of aliphatic hydroxyl groups excluding tert-OH is 1. The first kappa shape index (κ1) is 25.5.